The molecule has 2 aromatic heterocycles. The topological polar surface area (TPSA) is 32.6 Å². The highest BCUT2D eigenvalue weighted by molar-refractivity contribution is 7.15. The van der Waals surface area contributed by atoms with Crippen LogP contribution in [0.3, 0.4) is 0 Å². The first-order valence-corrected chi connectivity index (χ1v) is 8.14. The van der Waals surface area contributed by atoms with Gasteiger partial charge in [0, 0.05) is 36.4 Å². The van der Waals surface area contributed by atoms with Gasteiger partial charge in [-0.15, -0.1) is 11.3 Å². The first-order chi connectivity index (χ1) is 9.43. The zero-order chi connectivity index (χ0) is 12.9. The third-order valence-electron chi connectivity index (χ3n) is 3.80. The van der Waals surface area contributed by atoms with Crippen LogP contribution >= 0.6 is 11.3 Å². The van der Waals surface area contributed by atoms with Crippen LogP contribution in [-0.4, -0.2) is 47.0 Å². The normalized spacial score (nSPS) is 16.6. The fourth-order valence-electron chi connectivity index (χ4n) is 2.73. The van der Waals surface area contributed by atoms with E-state index in [1.165, 1.54) is 44.6 Å². The van der Waals surface area contributed by atoms with Gasteiger partial charge in [-0.2, -0.15) is 0 Å². The summed E-state index contributed by atoms with van der Waals surface area (Å²) in [6.45, 7) is 6.08. The molecule has 1 saturated heterocycles. The monoisotopic (exact) mass is 278 g/mol. The second-order valence-electron chi connectivity index (χ2n) is 5.21. The van der Waals surface area contributed by atoms with Gasteiger partial charge < -0.3 is 10.2 Å². The van der Waals surface area contributed by atoms with E-state index in [4.69, 9.17) is 0 Å². The Kier molecular flexibility index (Phi) is 4.48. The average Bonchev–Trinajstić information content (AvgIpc) is 3.12. The summed E-state index contributed by atoms with van der Waals surface area (Å²) in [5.41, 5.74) is 1.37. The fraction of sp³-hybridized carbons (Fsp3) is 0.643. The number of aromatic nitrogens is 2. The summed E-state index contributed by atoms with van der Waals surface area (Å²) in [6.07, 6.45) is 9.07. The number of fused-ring (bicyclic) bond motifs is 1. The Bertz CT molecular complexity index is 498. The second kappa shape index (κ2) is 6.50. The zero-order valence-corrected chi connectivity index (χ0v) is 12.2. The molecule has 3 heterocycles. The molecule has 0 atom stereocenters. The molecule has 4 nitrogen and oxygen atoms in total. The summed E-state index contributed by atoms with van der Waals surface area (Å²) in [6, 6.07) is 0. The Labute approximate surface area is 118 Å². The van der Waals surface area contributed by atoms with Crippen molar-refractivity contribution in [2.24, 2.45) is 0 Å². The number of nitrogens with one attached hydrogen (secondary N) is 1. The lowest BCUT2D eigenvalue weighted by Crippen LogP contribution is -2.26. The van der Waals surface area contributed by atoms with E-state index in [9.17, 15) is 0 Å². The Hall–Kier alpha value is -0.910. The molecule has 1 aliphatic rings. The number of nitrogens with zero attached hydrogens (tertiary/aromatic N) is 3. The highest BCUT2D eigenvalue weighted by Crippen LogP contribution is 2.14. The minimum absolute atomic E-state index is 1.06. The van der Waals surface area contributed by atoms with E-state index < -0.39 is 0 Å². The lowest BCUT2D eigenvalue weighted by molar-refractivity contribution is 0.331. The molecule has 0 aliphatic carbocycles. The van der Waals surface area contributed by atoms with Crippen molar-refractivity contribution in [1.29, 1.82) is 0 Å². The molecule has 19 heavy (non-hydrogen) atoms. The number of imidazole rings is 1. The number of hydrogen-bond acceptors (Lipinski definition) is 4. The van der Waals surface area contributed by atoms with Crippen molar-refractivity contribution in [2.75, 3.05) is 32.7 Å². The van der Waals surface area contributed by atoms with E-state index >= 15 is 0 Å². The van der Waals surface area contributed by atoms with Crippen LogP contribution in [0.2, 0.25) is 0 Å². The molecule has 0 unspecified atom stereocenters. The maximum atomic E-state index is 4.30. The third-order valence-corrected chi connectivity index (χ3v) is 4.70. The maximum Gasteiger partial charge on any atom is 0.193 e. The summed E-state index contributed by atoms with van der Waals surface area (Å²) in [5, 5.41) is 5.77. The van der Waals surface area contributed by atoms with E-state index in [1.54, 1.807) is 11.3 Å². The van der Waals surface area contributed by atoms with Gasteiger partial charge in [-0.3, -0.25) is 4.40 Å². The van der Waals surface area contributed by atoms with Crippen molar-refractivity contribution in [2.45, 2.75) is 25.7 Å². The minimum Gasteiger partial charge on any atom is -0.316 e. The van der Waals surface area contributed by atoms with Gasteiger partial charge in [0.05, 0.1) is 0 Å². The molecule has 0 spiro atoms. The van der Waals surface area contributed by atoms with Crippen molar-refractivity contribution in [1.82, 2.24) is 19.6 Å². The Morgan fingerprint density at radius 3 is 3.05 bits per heavy atom. The van der Waals surface area contributed by atoms with E-state index in [2.05, 4.69) is 31.2 Å². The summed E-state index contributed by atoms with van der Waals surface area (Å²) in [4.78, 5) is 7.98. The largest absolute Gasteiger partial charge is 0.316 e. The minimum atomic E-state index is 1.06. The standard InChI is InChI=1S/C14H22N4S/c1-2-9-17(8-1)10-3-5-15-6-4-13-12-19-14-16-7-11-18(13)14/h7,11-12,15H,1-6,8-10H2. The van der Waals surface area contributed by atoms with Crippen LogP contribution in [-0.2, 0) is 6.42 Å². The van der Waals surface area contributed by atoms with Crippen LogP contribution < -0.4 is 5.32 Å². The SMILES string of the molecule is c1cn2c(CCNCCCN3CCCC3)csc2n1. The molecule has 0 amide bonds. The zero-order valence-electron chi connectivity index (χ0n) is 11.3. The number of hydrogen-bond donors (Lipinski definition) is 1. The molecule has 0 bridgehead atoms. The van der Waals surface area contributed by atoms with Crippen LogP contribution in [0.5, 0.6) is 0 Å². The number of rotatable bonds is 7. The Morgan fingerprint density at radius 2 is 2.16 bits per heavy atom. The average molecular weight is 278 g/mol. The molecule has 0 aromatic carbocycles. The first-order valence-electron chi connectivity index (χ1n) is 7.26. The van der Waals surface area contributed by atoms with E-state index in [0.29, 0.717) is 0 Å². The van der Waals surface area contributed by atoms with Gasteiger partial charge in [0.2, 0.25) is 0 Å². The number of thiazole rings is 1. The smallest absolute Gasteiger partial charge is 0.193 e. The van der Waals surface area contributed by atoms with Crippen molar-refractivity contribution in [3.05, 3.63) is 23.5 Å². The molecular formula is C14H22N4S. The molecular weight excluding hydrogens is 256 g/mol. The van der Waals surface area contributed by atoms with Gasteiger partial charge >= 0.3 is 0 Å². The van der Waals surface area contributed by atoms with Gasteiger partial charge in [-0.25, -0.2) is 4.98 Å². The van der Waals surface area contributed by atoms with Gasteiger partial charge in [0.25, 0.3) is 0 Å². The quantitative estimate of drug-likeness (QED) is 0.787. The molecule has 1 fully saturated rings. The highest BCUT2D eigenvalue weighted by Gasteiger charge is 2.09. The third kappa shape index (κ3) is 3.35. The van der Waals surface area contributed by atoms with E-state index in [0.717, 1.165) is 24.5 Å². The molecule has 5 heteroatoms. The van der Waals surface area contributed by atoms with E-state index in [1.807, 2.05) is 6.20 Å². The van der Waals surface area contributed by atoms with Crippen molar-refractivity contribution in [3.63, 3.8) is 0 Å². The molecule has 0 saturated carbocycles. The Morgan fingerprint density at radius 1 is 1.26 bits per heavy atom. The van der Waals surface area contributed by atoms with Crippen LogP contribution in [0, 0.1) is 0 Å². The lowest BCUT2D eigenvalue weighted by atomic mass is 10.3. The van der Waals surface area contributed by atoms with Crippen LogP contribution in [0.25, 0.3) is 4.96 Å². The van der Waals surface area contributed by atoms with Gasteiger partial charge in [0.1, 0.15) is 0 Å². The Balaban J connectivity index is 1.31. The van der Waals surface area contributed by atoms with Gasteiger partial charge in [0.15, 0.2) is 4.96 Å². The number of likely N-dealkylation sites (tertiary alicyclic amines) is 1. The highest BCUT2D eigenvalue weighted by atomic mass is 32.1. The van der Waals surface area contributed by atoms with Crippen LogP contribution in [0.15, 0.2) is 17.8 Å². The molecule has 1 aliphatic heterocycles. The lowest BCUT2D eigenvalue weighted by Gasteiger charge is -2.14. The summed E-state index contributed by atoms with van der Waals surface area (Å²) in [7, 11) is 0. The molecule has 1 N–H and O–H groups in total. The van der Waals surface area contributed by atoms with Crippen molar-refractivity contribution in [3.8, 4) is 0 Å². The predicted molar refractivity (Wildman–Crippen MR) is 79.9 cm³/mol. The molecule has 104 valence electrons. The molecule has 0 radical (unpaired) electrons. The summed E-state index contributed by atoms with van der Waals surface area (Å²) in [5.74, 6) is 0. The molecule has 3 rings (SSSR count). The summed E-state index contributed by atoms with van der Waals surface area (Å²) >= 11 is 1.72. The summed E-state index contributed by atoms with van der Waals surface area (Å²) < 4.78 is 2.19. The fourth-order valence-corrected chi connectivity index (χ4v) is 3.61. The van der Waals surface area contributed by atoms with Crippen LogP contribution in [0.4, 0.5) is 0 Å². The van der Waals surface area contributed by atoms with Gasteiger partial charge in [-0.05, 0) is 45.4 Å². The predicted octanol–water partition coefficient (Wildman–Crippen LogP) is 2.01. The van der Waals surface area contributed by atoms with Gasteiger partial charge in [-0.1, -0.05) is 0 Å². The maximum absolute atomic E-state index is 4.30. The van der Waals surface area contributed by atoms with Crippen LogP contribution in [0.1, 0.15) is 25.0 Å². The van der Waals surface area contributed by atoms with Crippen molar-refractivity contribution < 1.29 is 0 Å². The first kappa shape index (κ1) is 13.1. The van der Waals surface area contributed by atoms with Crippen molar-refractivity contribution >= 4 is 16.3 Å². The van der Waals surface area contributed by atoms with E-state index in [-0.39, 0.29) is 0 Å². The second-order valence-corrected chi connectivity index (χ2v) is 6.05. The molecule has 2 aromatic rings.